The lowest BCUT2D eigenvalue weighted by Crippen LogP contribution is -2.50. The smallest absolute Gasteiger partial charge is 0.260 e. The van der Waals surface area contributed by atoms with Crippen LogP contribution in [-0.4, -0.2) is 76.5 Å². The summed E-state index contributed by atoms with van der Waals surface area (Å²) in [5, 5.41) is 0. The van der Waals surface area contributed by atoms with Gasteiger partial charge in [-0.2, -0.15) is 4.31 Å². The molecular formula is C23H29N3O5S. The van der Waals surface area contributed by atoms with E-state index < -0.39 is 10.0 Å². The fourth-order valence-corrected chi connectivity index (χ4v) is 5.55. The summed E-state index contributed by atoms with van der Waals surface area (Å²) in [4.78, 5) is 16.9. The summed E-state index contributed by atoms with van der Waals surface area (Å²) in [6.07, 6.45) is 1.80. The monoisotopic (exact) mass is 459 g/mol. The van der Waals surface area contributed by atoms with Crippen LogP contribution in [0, 0.1) is 0 Å². The standard InChI is InChI=1S/C23H29N3O5S/c1-30-20-6-4-19(5-7-20)24-14-16-25(17-15-24)23(27)18-31-21-8-10-22(11-9-21)32(28,29)26-12-2-3-13-26/h4-11H,2-3,12-18H2,1H3. The highest BCUT2D eigenvalue weighted by molar-refractivity contribution is 7.89. The molecule has 1 amide bonds. The van der Waals surface area contributed by atoms with Crippen LogP contribution in [0.15, 0.2) is 53.4 Å². The van der Waals surface area contributed by atoms with Crippen molar-refractivity contribution in [3.05, 3.63) is 48.5 Å². The van der Waals surface area contributed by atoms with E-state index in [1.807, 2.05) is 24.3 Å². The predicted octanol–water partition coefficient (Wildman–Crippen LogP) is 2.21. The molecular weight excluding hydrogens is 430 g/mol. The first-order chi connectivity index (χ1) is 15.5. The Hall–Kier alpha value is -2.78. The highest BCUT2D eigenvalue weighted by Crippen LogP contribution is 2.23. The third-order valence-corrected chi connectivity index (χ3v) is 7.87. The molecule has 0 aliphatic carbocycles. The highest BCUT2D eigenvalue weighted by atomic mass is 32.2. The number of piperazine rings is 1. The predicted molar refractivity (Wildman–Crippen MR) is 122 cm³/mol. The van der Waals surface area contributed by atoms with Gasteiger partial charge in [0.2, 0.25) is 10.0 Å². The number of nitrogens with zero attached hydrogens (tertiary/aromatic N) is 3. The first kappa shape index (κ1) is 22.4. The molecule has 8 nitrogen and oxygen atoms in total. The maximum absolute atomic E-state index is 12.6. The second kappa shape index (κ2) is 9.79. The zero-order chi connectivity index (χ0) is 22.6. The minimum atomic E-state index is -3.45. The van der Waals surface area contributed by atoms with E-state index in [9.17, 15) is 13.2 Å². The second-order valence-electron chi connectivity index (χ2n) is 7.94. The molecule has 2 aromatic rings. The summed E-state index contributed by atoms with van der Waals surface area (Å²) < 4.78 is 37.5. The number of hydrogen-bond acceptors (Lipinski definition) is 6. The van der Waals surface area contributed by atoms with Crippen molar-refractivity contribution in [2.24, 2.45) is 0 Å². The first-order valence-corrected chi connectivity index (χ1v) is 12.3. The van der Waals surface area contributed by atoms with Gasteiger partial charge in [-0.25, -0.2) is 8.42 Å². The number of amides is 1. The van der Waals surface area contributed by atoms with Crippen molar-refractivity contribution in [2.45, 2.75) is 17.7 Å². The van der Waals surface area contributed by atoms with Gasteiger partial charge < -0.3 is 19.3 Å². The maximum Gasteiger partial charge on any atom is 0.260 e. The molecule has 0 spiro atoms. The Morgan fingerprint density at radius 1 is 0.844 bits per heavy atom. The Morgan fingerprint density at radius 2 is 1.44 bits per heavy atom. The van der Waals surface area contributed by atoms with Gasteiger partial charge in [0.05, 0.1) is 12.0 Å². The second-order valence-corrected chi connectivity index (χ2v) is 9.88. The van der Waals surface area contributed by atoms with Gasteiger partial charge in [-0.3, -0.25) is 4.79 Å². The minimum Gasteiger partial charge on any atom is -0.497 e. The van der Waals surface area contributed by atoms with Crippen LogP contribution >= 0.6 is 0 Å². The van der Waals surface area contributed by atoms with Gasteiger partial charge in [-0.1, -0.05) is 0 Å². The van der Waals surface area contributed by atoms with Crippen LogP contribution in [0.5, 0.6) is 11.5 Å². The Labute approximate surface area is 189 Å². The normalized spacial score (nSPS) is 17.4. The average Bonchev–Trinajstić information content (AvgIpc) is 3.39. The van der Waals surface area contributed by atoms with Gasteiger partial charge in [0, 0.05) is 45.0 Å². The molecule has 0 bridgehead atoms. The molecule has 2 aliphatic heterocycles. The van der Waals surface area contributed by atoms with Crippen LogP contribution < -0.4 is 14.4 Å². The number of carbonyl (C=O) groups excluding carboxylic acids is 1. The fraction of sp³-hybridized carbons (Fsp3) is 0.435. The number of benzene rings is 2. The molecule has 172 valence electrons. The fourth-order valence-electron chi connectivity index (χ4n) is 4.03. The zero-order valence-electron chi connectivity index (χ0n) is 18.3. The van der Waals surface area contributed by atoms with Crippen molar-refractivity contribution in [3.8, 4) is 11.5 Å². The summed E-state index contributed by atoms with van der Waals surface area (Å²) in [5.41, 5.74) is 1.11. The van der Waals surface area contributed by atoms with Crippen molar-refractivity contribution in [2.75, 3.05) is 57.9 Å². The SMILES string of the molecule is COc1ccc(N2CCN(C(=O)COc3ccc(S(=O)(=O)N4CCCC4)cc3)CC2)cc1. The van der Waals surface area contributed by atoms with E-state index in [4.69, 9.17) is 9.47 Å². The number of ether oxygens (including phenoxy) is 2. The number of sulfonamides is 1. The molecule has 0 atom stereocenters. The van der Waals surface area contributed by atoms with Crippen LogP contribution in [0.1, 0.15) is 12.8 Å². The van der Waals surface area contributed by atoms with Gasteiger partial charge in [-0.05, 0) is 61.4 Å². The number of rotatable bonds is 7. The molecule has 4 rings (SSSR count). The molecule has 2 aliphatic rings. The Kier molecular flexibility index (Phi) is 6.86. The van der Waals surface area contributed by atoms with Gasteiger partial charge in [0.25, 0.3) is 5.91 Å². The van der Waals surface area contributed by atoms with Gasteiger partial charge in [0.15, 0.2) is 6.61 Å². The summed E-state index contributed by atoms with van der Waals surface area (Å²) in [6, 6.07) is 14.2. The summed E-state index contributed by atoms with van der Waals surface area (Å²) >= 11 is 0. The van der Waals surface area contributed by atoms with Crippen molar-refractivity contribution in [1.29, 1.82) is 0 Å². The Morgan fingerprint density at radius 3 is 2.03 bits per heavy atom. The number of carbonyl (C=O) groups is 1. The van der Waals surface area contributed by atoms with E-state index in [-0.39, 0.29) is 17.4 Å². The summed E-state index contributed by atoms with van der Waals surface area (Å²) in [6.45, 7) is 3.83. The topological polar surface area (TPSA) is 79.4 Å². The quantitative estimate of drug-likeness (QED) is 0.632. The van der Waals surface area contributed by atoms with Gasteiger partial charge in [-0.15, -0.1) is 0 Å². The lowest BCUT2D eigenvalue weighted by Gasteiger charge is -2.36. The lowest BCUT2D eigenvalue weighted by molar-refractivity contribution is -0.133. The number of methoxy groups -OCH3 is 1. The molecule has 2 heterocycles. The van der Waals surface area contributed by atoms with Crippen molar-refractivity contribution in [3.63, 3.8) is 0 Å². The zero-order valence-corrected chi connectivity index (χ0v) is 19.1. The molecule has 2 saturated heterocycles. The van der Waals surface area contributed by atoms with Crippen LogP contribution in [0.4, 0.5) is 5.69 Å². The van der Waals surface area contributed by atoms with Crippen LogP contribution in [0.3, 0.4) is 0 Å². The van der Waals surface area contributed by atoms with E-state index in [0.29, 0.717) is 31.9 Å². The first-order valence-electron chi connectivity index (χ1n) is 10.9. The van der Waals surface area contributed by atoms with Crippen molar-refractivity contribution < 1.29 is 22.7 Å². The van der Waals surface area contributed by atoms with E-state index in [0.717, 1.165) is 37.4 Å². The van der Waals surface area contributed by atoms with Gasteiger partial charge >= 0.3 is 0 Å². The molecule has 0 N–H and O–H groups in total. The Balaban J connectivity index is 1.26. The van der Waals surface area contributed by atoms with E-state index in [2.05, 4.69) is 4.90 Å². The molecule has 2 aromatic carbocycles. The molecule has 9 heteroatoms. The average molecular weight is 460 g/mol. The minimum absolute atomic E-state index is 0.0687. The molecule has 0 unspecified atom stereocenters. The van der Waals surface area contributed by atoms with Crippen molar-refractivity contribution >= 4 is 21.6 Å². The maximum atomic E-state index is 12.6. The van der Waals surface area contributed by atoms with Crippen LogP contribution in [0.2, 0.25) is 0 Å². The third kappa shape index (κ3) is 4.99. The number of hydrogen-bond donors (Lipinski definition) is 0. The van der Waals surface area contributed by atoms with Crippen LogP contribution in [-0.2, 0) is 14.8 Å². The van der Waals surface area contributed by atoms with E-state index in [1.165, 1.54) is 4.31 Å². The number of anilines is 1. The Bertz CT molecular complexity index is 1010. The van der Waals surface area contributed by atoms with E-state index in [1.54, 1.807) is 36.3 Å². The van der Waals surface area contributed by atoms with Crippen molar-refractivity contribution in [1.82, 2.24) is 9.21 Å². The summed E-state index contributed by atoms with van der Waals surface area (Å²) in [5.74, 6) is 1.23. The molecule has 32 heavy (non-hydrogen) atoms. The molecule has 0 aromatic heterocycles. The largest absolute Gasteiger partial charge is 0.497 e. The lowest BCUT2D eigenvalue weighted by atomic mass is 10.2. The summed E-state index contributed by atoms with van der Waals surface area (Å²) in [7, 11) is -1.80. The highest BCUT2D eigenvalue weighted by Gasteiger charge is 2.27. The molecule has 2 fully saturated rings. The molecule has 0 saturated carbocycles. The van der Waals surface area contributed by atoms with Crippen LogP contribution in [0.25, 0.3) is 0 Å². The molecule has 0 radical (unpaired) electrons. The van der Waals surface area contributed by atoms with Gasteiger partial charge in [0.1, 0.15) is 11.5 Å². The van der Waals surface area contributed by atoms with E-state index >= 15 is 0 Å². The third-order valence-electron chi connectivity index (χ3n) is 5.96.